The van der Waals surface area contributed by atoms with Crippen LogP contribution in [0.25, 0.3) is 0 Å². The minimum absolute atomic E-state index is 0.159. The summed E-state index contributed by atoms with van der Waals surface area (Å²) >= 11 is 1.54. The number of quaternary nitrogens is 1. The molecule has 1 atom stereocenters. The number of carbonyl (C=O) groups excluding carboxylic acids is 2. The fourth-order valence-electron chi connectivity index (χ4n) is 3.22. The van der Waals surface area contributed by atoms with E-state index in [1.807, 2.05) is 6.07 Å². The lowest BCUT2D eigenvalue weighted by molar-refractivity contribution is -0.929. The van der Waals surface area contributed by atoms with Crippen LogP contribution in [0, 0.1) is 0 Å². The lowest BCUT2D eigenvalue weighted by atomic mass is 10.1. The van der Waals surface area contributed by atoms with E-state index in [-0.39, 0.29) is 11.8 Å². The number of thiazole rings is 1. The molecule has 2 amide bonds. The van der Waals surface area contributed by atoms with E-state index < -0.39 is 0 Å². The van der Waals surface area contributed by atoms with Crippen LogP contribution in [0.5, 0.6) is 0 Å². The van der Waals surface area contributed by atoms with Crippen LogP contribution in [0.2, 0.25) is 0 Å². The molecular weight excluding hydrogens is 350 g/mol. The third-order valence-corrected chi connectivity index (χ3v) is 5.60. The van der Waals surface area contributed by atoms with Crippen LogP contribution >= 0.6 is 11.3 Å². The summed E-state index contributed by atoms with van der Waals surface area (Å²) in [4.78, 5) is 30.7. The minimum Gasteiger partial charge on any atom is -0.326 e. The van der Waals surface area contributed by atoms with Crippen molar-refractivity contribution in [2.75, 3.05) is 11.9 Å². The van der Waals surface area contributed by atoms with E-state index in [1.165, 1.54) is 26.7 Å². The Bertz CT molecular complexity index is 862. The predicted octanol–water partition coefficient (Wildman–Crippen LogP) is 0.489. The van der Waals surface area contributed by atoms with Crippen molar-refractivity contribution in [1.82, 2.24) is 10.4 Å². The van der Waals surface area contributed by atoms with Crippen LogP contribution in [0.4, 0.5) is 5.13 Å². The first-order valence-electron chi connectivity index (χ1n) is 8.70. The van der Waals surface area contributed by atoms with Gasteiger partial charge in [-0.15, -0.1) is 0 Å². The van der Waals surface area contributed by atoms with Gasteiger partial charge in [0.05, 0.1) is 17.1 Å². The van der Waals surface area contributed by atoms with E-state index in [2.05, 4.69) is 45.1 Å². The van der Waals surface area contributed by atoms with Gasteiger partial charge in [-0.25, -0.2) is 10.4 Å². The van der Waals surface area contributed by atoms with Gasteiger partial charge in [-0.3, -0.25) is 14.9 Å². The van der Waals surface area contributed by atoms with Gasteiger partial charge in [0, 0.05) is 24.8 Å². The number of anilines is 1. The van der Waals surface area contributed by atoms with Crippen LogP contribution in [0.1, 0.15) is 29.0 Å². The highest BCUT2D eigenvalue weighted by atomic mass is 32.1. The Morgan fingerprint density at radius 1 is 1.23 bits per heavy atom. The first-order valence-corrected chi connectivity index (χ1v) is 9.52. The van der Waals surface area contributed by atoms with Crippen molar-refractivity contribution >= 4 is 34.0 Å². The number of amides is 2. The van der Waals surface area contributed by atoms with Crippen LogP contribution < -0.4 is 15.6 Å². The highest BCUT2D eigenvalue weighted by Crippen LogP contribution is 2.24. The van der Waals surface area contributed by atoms with Gasteiger partial charge in [0.15, 0.2) is 5.13 Å². The Hall–Kier alpha value is -2.58. The molecule has 0 spiro atoms. The Morgan fingerprint density at radius 2 is 2.08 bits per heavy atom. The number of benzene rings is 1. The Balaban J connectivity index is 1.40. The summed E-state index contributed by atoms with van der Waals surface area (Å²) < 4.78 is 0. The van der Waals surface area contributed by atoms with Gasteiger partial charge < -0.3 is 4.90 Å². The fraction of sp³-hybridized carbons (Fsp3) is 0.333. The molecule has 26 heavy (non-hydrogen) atoms. The molecule has 0 saturated carbocycles. The van der Waals surface area contributed by atoms with Gasteiger partial charge in [-0.1, -0.05) is 41.7 Å². The van der Waals surface area contributed by atoms with Crippen molar-refractivity contribution in [2.45, 2.75) is 32.4 Å². The average Bonchev–Trinajstić information content (AvgIpc) is 3.04. The van der Waals surface area contributed by atoms with Crippen LogP contribution in [-0.2, 0) is 29.1 Å². The molecule has 0 fully saturated rings. The topological polar surface area (TPSA) is 87.9 Å². The summed E-state index contributed by atoms with van der Waals surface area (Å²) in [6.07, 6.45) is 1.57. The first kappa shape index (κ1) is 16.9. The lowest BCUT2D eigenvalue weighted by Crippen LogP contribution is -3.10. The molecule has 7 nitrogen and oxygen atoms in total. The number of nitrogens with zero attached hydrogens (tertiary/aromatic N) is 2. The van der Waals surface area contributed by atoms with Crippen LogP contribution in [0.15, 0.2) is 35.4 Å². The van der Waals surface area contributed by atoms with Gasteiger partial charge >= 0.3 is 0 Å². The summed E-state index contributed by atoms with van der Waals surface area (Å²) in [6, 6.07) is 10.5. The molecule has 3 heterocycles. The van der Waals surface area contributed by atoms with Gasteiger partial charge in [0.2, 0.25) is 5.91 Å². The van der Waals surface area contributed by atoms with Crippen molar-refractivity contribution in [1.29, 1.82) is 0 Å². The summed E-state index contributed by atoms with van der Waals surface area (Å²) in [6.45, 7) is 2.96. The number of carbonyl (C=O) groups is 2. The molecule has 3 N–H and O–H groups in total. The average molecular weight is 370 g/mol. The van der Waals surface area contributed by atoms with E-state index in [9.17, 15) is 9.59 Å². The molecule has 8 heteroatoms. The fourth-order valence-corrected chi connectivity index (χ4v) is 4.30. The number of rotatable bonds is 4. The molecule has 0 radical (unpaired) electrons. The first-order chi connectivity index (χ1) is 12.7. The van der Waals surface area contributed by atoms with Crippen molar-refractivity contribution in [3.8, 4) is 0 Å². The van der Waals surface area contributed by atoms with Crippen molar-refractivity contribution in [3.05, 3.63) is 46.5 Å². The number of nitrogens with one attached hydrogen (secondary N) is 3. The van der Waals surface area contributed by atoms with Crippen molar-refractivity contribution < 1.29 is 14.5 Å². The predicted molar refractivity (Wildman–Crippen MR) is 98.9 cm³/mol. The second-order valence-corrected chi connectivity index (χ2v) is 7.61. The summed E-state index contributed by atoms with van der Waals surface area (Å²) in [5.41, 5.74) is 5.11. The number of hydrogen-bond donors (Lipinski definition) is 3. The smallest absolute Gasteiger partial charge is 0.273 e. The van der Waals surface area contributed by atoms with E-state index in [0.717, 1.165) is 31.7 Å². The molecule has 0 saturated heterocycles. The monoisotopic (exact) mass is 370 g/mol. The Morgan fingerprint density at radius 3 is 2.85 bits per heavy atom. The van der Waals surface area contributed by atoms with E-state index in [0.29, 0.717) is 23.7 Å². The highest BCUT2D eigenvalue weighted by molar-refractivity contribution is 7.16. The normalized spacial score (nSPS) is 19.3. The Kier molecular flexibility index (Phi) is 4.77. The zero-order chi connectivity index (χ0) is 17.9. The third-order valence-electron chi connectivity index (χ3n) is 4.59. The van der Waals surface area contributed by atoms with E-state index in [4.69, 9.17) is 0 Å². The third kappa shape index (κ3) is 3.81. The van der Waals surface area contributed by atoms with Gasteiger partial charge in [-0.2, -0.15) is 5.10 Å². The van der Waals surface area contributed by atoms with Crippen molar-refractivity contribution in [3.63, 3.8) is 0 Å². The van der Waals surface area contributed by atoms with Gasteiger partial charge in [-0.05, 0) is 0 Å². The lowest BCUT2D eigenvalue weighted by Gasteiger charge is -2.22. The largest absolute Gasteiger partial charge is 0.326 e. The minimum atomic E-state index is -0.287. The molecular formula is C18H20N5O2S+. The maximum Gasteiger partial charge on any atom is 0.273 e. The maximum atomic E-state index is 12.3. The molecule has 0 bridgehead atoms. The molecule has 1 aromatic heterocycles. The van der Waals surface area contributed by atoms with E-state index >= 15 is 0 Å². The molecule has 2 aliphatic heterocycles. The summed E-state index contributed by atoms with van der Waals surface area (Å²) in [5.74, 6) is -0.447. The second-order valence-electron chi connectivity index (χ2n) is 6.53. The number of fused-ring (bicyclic) bond motifs is 1. The second kappa shape index (κ2) is 7.35. The number of hydrogen-bond acceptors (Lipinski definition) is 5. The number of aromatic nitrogens is 1. The highest BCUT2D eigenvalue weighted by Gasteiger charge is 2.25. The van der Waals surface area contributed by atoms with Crippen LogP contribution in [-0.4, -0.2) is 29.1 Å². The van der Waals surface area contributed by atoms with Gasteiger partial charge in [0.1, 0.15) is 18.8 Å². The molecule has 0 aliphatic carbocycles. The molecule has 2 aliphatic rings. The summed E-state index contributed by atoms with van der Waals surface area (Å²) in [5, 5.41) is 7.26. The molecule has 134 valence electrons. The van der Waals surface area contributed by atoms with Gasteiger partial charge in [0.25, 0.3) is 5.91 Å². The number of hydrazone groups is 1. The SMILES string of the molecule is O=C1CCC(C(=O)Nc2nc3c(s2)C[NH+](Cc2ccccc2)CC3)=NN1. The molecule has 4 rings (SSSR count). The maximum absolute atomic E-state index is 12.3. The standard InChI is InChI=1S/C18H19N5O2S/c24-16-7-6-14(21-22-16)17(25)20-18-19-13-8-9-23(11-15(13)26-18)10-12-4-2-1-3-5-12/h1-5H,6-11H2,(H,22,24)(H,19,20,25)/p+1. The Labute approximate surface area is 155 Å². The molecule has 1 aromatic carbocycles. The molecule has 2 aromatic rings. The zero-order valence-corrected chi connectivity index (χ0v) is 15.1. The molecule has 1 unspecified atom stereocenters. The quantitative estimate of drug-likeness (QED) is 0.732. The van der Waals surface area contributed by atoms with E-state index in [1.54, 1.807) is 0 Å². The zero-order valence-electron chi connectivity index (χ0n) is 14.2. The van der Waals surface area contributed by atoms with Crippen molar-refractivity contribution in [2.24, 2.45) is 5.10 Å². The summed E-state index contributed by atoms with van der Waals surface area (Å²) in [7, 11) is 0. The van der Waals surface area contributed by atoms with Crippen LogP contribution in [0.3, 0.4) is 0 Å².